The fourth-order valence-electron chi connectivity index (χ4n) is 4.71. The normalized spacial score (nSPS) is 21.6. The topological polar surface area (TPSA) is 148 Å². The molecule has 0 amide bonds. The van der Waals surface area contributed by atoms with Crippen LogP contribution in [0.4, 0.5) is 5.00 Å². The van der Waals surface area contributed by atoms with Crippen molar-refractivity contribution in [1.82, 2.24) is 4.72 Å². The number of benzene rings is 1. The second-order valence-electron chi connectivity index (χ2n) is 11.2. The summed E-state index contributed by atoms with van der Waals surface area (Å²) in [6.07, 6.45) is 1.55. The highest BCUT2D eigenvalue weighted by Crippen LogP contribution is 2.59. The van der Waals surface area contributed by atoms with Gasteiger partial charge in [0, 0.05) is 23.6 Å². The maximum atomic E-state index is 14.1. The van der Waals surface area contributed by atoms with Gasteiger partial charge in [-0.3, -0.25) is 13.9 Å². The summed E-state index contributed by atoms with van der Waals surface area (Å²) in [6.45, 7) is 7.97. The third-order valence-corrected chi connectivity index (χ3v) is 11.1. The number of nitrogens with one attached hydrogen (secondary N) is 2. The van der Waals surface area contributed by atoms with Gasteiger partial charge in [-0.05, 0) is 42.5 Å². The fourth-order valence-corrected chi connectivity index (χ4v) is 8.72. The van der Waals surface area contributed by atoms with E-state index < -0.39 is 26.2 Å². The van der Waals surface area contributed by atoms with Crippen LogP contribution in [0.3, 0.4) is 0 Å². The number of ketones is 1. The molecule has 2 heterocycles. The number of sulfonamides is 1. The summed E-state index contributed by atoms with van der Waals surface area (Å²) in [6, 6.07) is 7.17. The number of fused-ring (bicyclic) bond motifs is 2. The second-order valence-corrected chi connectivity index (χ2v) is 16.0. The minimum atomic E-state index is -3.83. The summed E-state index contributed by atoms with van der Waals surface area (Å²) >= 11 is 6.73. The highest BCUT2D eigenvalue weighted by molar-refractivity contribution is 8.23. The Balaban J connectivity index is 1.72. The van der Waals surface area contributed by atoms with Gasteiger partial charge in [-0.15, -0.1) is 27.3 Å². The van der Waals surface area contributed by atoms with Crippen LogP contribution in [0.2, 0.25) is 0 Å². The standard InChI is InChI=1S/C26H34ClN3O6S3/c1-25(2,3)10-11-26(4)18-9-6-5-8-17(18)20(31)19(22(26)32)23-29-24-21(39(35,36)30-23)16(15-37-24)14-28-38(33,34)13-7-12-27/h5-6,8-9,15,28,31,35-36H,7,10-14H2,1-4H3,(H,29,30)/t26-/m1/s1. The van der Waals surface area contributed by atoms with Crippen LogP contribution in [0, 0.1) is 5.41 Å². The van der Waals surface area contributed by atoms with Gasteiger partial charge < -0.3 is 10.4 Å². The minimum absolute atomic E-state index is 0.0362. The minimum Gasteiger partial charge on any atom is -0.506 e. The van der Waals surface area contributed by atoms with Crippen molar-refractivity contribution in [1.29, 1.82) is 0 Å². The Labute approximate surface area is 239 Å². The van der Waals surface area contributed by atoms with Crippen LogP contribution >= 0.6 is 33.7 Å². The summed E-state index contributed by atoms with van der Waals surface area (Å²) in [5.74, 6) is -0.713. The highest BCUT2D eigenvalue weighted by Gasteiger charge is 2.47. The van der Waals surface area contributed by atoms with Crippen molar-refractivity contribution in [2.75, 3.05) is 16.9 Å². The molecular weight excluding hydrogens is 582 g/mol. The van der Waals surface area contributed by atoms with Gasteiger partial charge in [0.2, 0.25) is 10.0 Å². The summed E-state index contributed by atoms with van der Waals surface area (Å²) in [5.41, 5.74) is 0.449. The van der Waals surface area contributed by atoms with Crippen LogP contribution < -0.4 is 10.0 Å². The molecule has 0 saturated carbocycles. The molecule has 2 aromatic rings. The van der Waals surface area contributed by atoms with Crippen LogP contribution in [0.15, 0.2) is 44.5 Å². The van der Waals surface area contributed by atoms with Crippen LogP contribution in [-0.4, -0.2) is 45.9 Å². The SMILES string of the molecule is CC(C)(C)CC[C@@]1(C)C(=O)C(C2=NS(O)(O)c3c(CNS(=O)(=O)CCCCl)csc3N2)=C(O)c2ccccc21. The quantitative estimate of drug-likeness (QED) is 0.208. The van der Waals surface area contributed by atoms with Gasteiger partial charge in [-0.1, -0.05) is 55.8 Å². The van der Waals surface area contributed by atoms with Gasteiger partial charge in [0.25, 0.3) is 0 Å². The smallest absolute Gasteiger partial charge is 0.211 e. The molecule has 0 spiro atoms. The molecule has 1 aliphatic carbocycles. The predicted octanol–water partition coefficient (Wildman–Crippen LogP) is 6.28. The van der Waals surface area contributed by atoms with E-state index in [1.165, 1.54) is 0 Å². The summed E-state index contributed by atoms with van der Waals surface area (Å²) in [4.78, 5) is 14.2. The molecule has 5 N–H and O–H groups in total. The summed E-state index contributed by atoms with van der Waals surface area (Å²) in [7, 11) is -7.44. The Hall–Kier alpha value is -1.93. The zero-order valence-electron chi connectivity index (χ0n) is 22.2. The number of carbonyl (C=O) groups is 1. The third kappa shape index (κ3) is 6.07. The second kappa shape index (κ2) is 10.8. The zero-order chi connectivity index (χ0) is 28.8. The van der Waals surface area contributed by atoms with Crippen molar-refractivity contribution in [3.63, 3.8) is 0 Å². The number of hydrogen-bond acceptors (Lipinski definition) is 9. The van der Waals surface area contributed by atoms with Gasteiger partial charge in [0.1, 0.15) is 21.2 Å². The Bertz CT molecular complexity index is 1460. The average molecular weight is 616 g/mol. The Kier molecular flexibility index (Phi) is 8.32. The number of carbonyl (C=O) groups excluding carboxylic acids is 1. The highest BCUT2D eigenvalue weighted by atomic mass is 35.5. The van der Waals surface area contributed by atoms with E-state index >= 15 is 0 Å². The molecule has 0 fully saturated rings. The molecule has 13 heteroatoms. The predicted molar refractivity (Wildman–Crippen MR) is 159 cm³/mol. The number of anilines is 1. The molecular formula is C26H34ClN3O6S3. The molecule has 2 aliphatic rings. The number of aliphatic hydroxyl groups is 1. The first-order valence-corrected chi connectivity index (χ1v) is 17.0. The first kappa shape index (κ1) is 30.0. The van der Waals surface area contributed by atoms with Crippen molar-refractivity contribution in [2.24, 2.45) is 9.81 Å². The molecule has 0 bridgehead atoms. The van der Waals surface area contributed by atoms with E-state index in [-0.39, 0.29) is 57.9 Å². The summed E-state index contributed by atoms with van der Waals surface area (Å²) in [5, 5.41) is 16.2. The number of thiophene rings is 1. The number of Topliss-reactive ketones (excluding diaryl/α,β-unsaturated/α-hetero) is 1. The Morgan fingerprint density at radius 3 is 2.59 bits per heavy atom. The van der Waals surface area contributed by atoms with Gasteiger partial charge in [0.05, 0.1) is 11.2 Å². The number of rotatable bonds is 9. The fraction of sp³-hybridized carbons (Fsp3) is 0.462. The first-order chi connectivity index (χ1) is 18.1. The third-order valence-electron chi connectivity index (χ3n) is 6.92. The number of nitrogens with zero attached hydrogens (tertiary/aromatic N) is 1. The largest absolute Gasteiger partial charge is 0.506 e. The van der Waals surface area contributed by atoms with E-state index in [1.807, 2.05) is 19.1 Å². The number of hydrogen-bond donors (Lipinski definition) is 5. The maximum absolute atomic E-state index is 14.1. The molecule has 0 radical (unpaired) electrons. The van der Waals surface area contributed by atoms with Gasteiger partial charge in [-0.25, -0.2) is 13.1 Å². The van der Waals surface area contributed by atoms with E-state index in [4.69, 9.17) is 11.6 Å². The van der Waals surface area contributed by atoms with Crippen LogP contribution in [0.5, 0.6) is 0 Å². The lowest BCUT2D eigenvalue weighted by molar-refractivity contribution is -0.120. The molecule has 1 atom stereocenters. The zero-order valence-corrected chi connectivity index (χ0v) is 25.5. The van der Waals surface area contributed by atoms with Crippen LogP contribution in [0.1, 0.15) is 63.6 Å². The lowest BCUT2D eigenvalue weighted by atomic mass is 9.65. The molecule has 214 valence electrons. The van der Waals surface area contributed by atoms with Gasteiger partial charge in [0.15, 0.2) is 11.6 Å². The van der Waals surface area contributed by atoms with Crippen LogP contribution in [0.25, 0.3) is 5.76 Å². The van der Waals surface area contributed by atoms with E-state index in [1.54, 1.807) is 17.5 Å². The van der Waals surface area contributed by atoms with Crippen LogP contribution in [-0.2, 0) is 26.8 Å². The van der Waals surface area contributed by atoms with Crippen molar-refractivity contribution < 1.29 is 27.4 Å². The molecule has 1 aliphatic heterocycles. The molecule has 4 rings (SSSR count). The first-order valence-electron chi connectivity index (χ1n) is 12.5. The van der Waals surface area contributed by atoms with Crippen molar-refractivity contribution in [3.8, 4) is 0 Å². The lowest BCUT2D eigenvalue weighted by Gasteiger charge is -2.39. The number of halogens is 1. The van der Waals surface area contributed by atoms with Crippen molar-refractivity contribution in [3.05, 3.63) is 51.9 Å². The molecule has 0 saturated heterocycles. The molecule has 1 aromatic heterocycles. The van der Waals surface area contributed by atoms with Gasteiger partial charge in [-0.2, -0.15) is 0 Å². The van der Waals surface area contributed by atoms with E-state index in [0.717, 1.165) is 17.8 Å². The van der Waals surface area contributed by atoms with Gasteiger partial charge >= 0.3 is 0 Å². The number of aliphatic hydroxyl groups excluding tert-OH is 1. The Morgan fingerprint density at radius 1 is 1.23 bits per heavy atom. The molecule has 0 unspecified atom stereocenters. The number of amidine groups is 1. The Morgan fingerprint density at radius 2 is 1.92 bits per heavy atom. The van der Waals surface area contributed by atoms with Crippen molar-refractivity contribution in [2.45, 2.75) is 63.8 Å². The van der Waals surface area contributed by atoms with Crippen molar-refractivity contribution >= 4 is 66.1 Å². The van der Waals surface area contributed by atoms with E-state index in [2.05, 4.69) is 35.2 Å². The molecule has 39 heavy (non-hydrogen) atoms. The number of alkyl halides is 1. The molecule has 9 nitrogen and oxygen atoms in total. The van der Waals surface area contributed by atoms with E-state index in [9.17, 15) is 27.4 Å². The average Bonchev–Trinajstić information content (AvgIpc) is 3.28. The summed E-state index contributed by atoms with van der Waals surface area (Å²) < 4.78 is 53.2. The maximum Gasteiger partial charge on any atom is 0.211 e. The van der Waals surface area contributed by atoms with E-state index in [0.29, 0.717) is 28.1 Å². The lowest BCUT2D eigenvalue weighted by Crippen LogP contribution is -2.42. The molecule has 1 aromatic carbocycles. The monoisotopic (exact) mass is 615 g/mol.